The largest absolute Gasteiger partial charge is 0.398 e. The average Bonchev–Trinajstić information content (AvgIpc) is 2.13. The molecule has 0 saturated heterocycles. The Morgan fingerprint density at radius 3 is 2.50 bits per heavy atom. The van der Waals surface area contributed by atoms with Crippen LogP contribution in [-0.4, -0.2) is 17.7 Å². The van der Waals surface area contributed by atoms with Gasteiger partial charge in [0, 0.05) is 15.5 Å². The number of hydrogen-bond donors (Lipinski definition) is 0. The van der Waals surface area contributed by atoms with Gasteiger partial charge in [-0.3, -0.25) is 4.79 Å². The monoisotopic (exact) mass is 268 g/mol. The first-order valence-electron chi connectivity index (χ1n) is 4.29. The molecule has 0 spiro atoms. The Morgan fingerprint density at radius 1 is 1.38 bits per heavy atom. The SMILES string of the molecule is CC(=O)c1cc(Cl)cc(SCC(F)(F)F)c1. The Kier molecular flexibility index (Phi) is 4.27. The summed E-state index contributed by atoms with van der Waals surface area (Å²) in [7, 11) is 0. The van der Waals surface area contributed by atoms with Crippen molar-refractivity contribution >= 4 is 29.1 Å². The smallest absolute Gasteiger partial charge is 0.295 e. The Bertz CT molecular complexity index is 404. The molecule has 0 bridgehead atoms. The van der Waals surface area contributed by atoms with E-state index in [0.717, 1.165) is 0 Å². The zero-order chi connectivity index (χ0) is 12.3. The van der Waals surface area contributed by atoms with Gasteiger partial charge in [0.2, 0.25) is 0 Å². The molecule has 0 aliphatic heterocycles. The molecule has 0 aliphatic rings. The first-order valence-corrected chi connectivity index (χ1v) is 5.65. The number of benzene rings is 1. The van der Waals surface area contributed by atoms with Gasteiger partial charge in [-0.05, 0) is 25.1 Å². The molecule has 0 radical (unpaired) electrons. The molecule has 1 rings (SSSR count). The highest BCUT2D eigenvalue weighted by molar-refractivity contribution is 7.99. The maximum absolute atomic E-state index is 12.0. The first kappa shape index (κ1) is 13.4. The molecule has 1 aromatic carbocycles. The van der Waals surface area contributed by atoms with Crippen LogP contribution >= 0.6 is 23.4 Å². The predicted molar refractivity (Wildman–Crippen MR) is 58.2 cm³/mol. The number of carbonyl (C=O) groups excluding carboxylic acids is 1. The Hall–Kier alpha value is -0.680. The number of carbonyl (C=O) groups is 1. The van der Waals surface area contributed by atoms with Crippen LogP contribution in [0.1, 0.15) is 17.3 Å². The van der Waals surface area contributed by atoms with Gasteiger partial charge in [-0.15, -0.1) is 11.8 Å². The predicted octanol–water partition coefficient (Wildman–Crippen LogP) is 4.20. The van der Waals surface area contributed by atoms with E-state index in [1.165, 1.54) is 25.1 Å². The number of alkyl halides is 3. The normalized spacial score (nSPS) is 11.6. The van der Waals surface area contributed by atoms with Crippen LogP contribution in [0.3, 0.4) is 0 Å². The Morgan fingerprint density at radius 2 is 2.00 bits per heavy atom. The van der Waals surface area contributed by atoms with Crippen LogP contribution < -0.4 is 0 Å². The summed E-state index contributed by atoms with van der Waals surface area (Å²) >= 11 is 6.31. The summed E-state index contributed by atoms with van der Waals surface area (Å²) in [6, 6.07) is 4.25. The van der Waals surface area contributed by atoms with Crippen molar-refractivity contribution < 1.29 is 18.0 Å². The lowest BCUT2D eigenvalue weighted by atomic mass is 10.1. The summed E-state index contributed by atoms with van der Waals surface area (Å²) in [6.07, 6.45) is -4.23. The molecule has 0 atom stereocenters. The molecular weight excluding hydrogens is 261 g/mol. The van der Waals surface area contributed by atoms with Crippen LogP contribution in [0.25, 0.3) is 0 Å². The van der Waals surface area contributed by atoms with Crippen LogP contribution in [0.15, 0.2) is 23.1 Å². The van der Waals surface area contributed by atoms with Gasteiger partial charge < -0.3 is 0 Å². The third-order valence-electron chi connectivity index (χ3n) is 1.68. The van der Waals surface area contributed by atoms with E-state index in [1.54, 1.807) is 0 Å². The molecule has 16 heavy (non-hydrogen) atoms. The number of hydrogen-bond acceptors (Lipinski definition) is 2. The lowest BCUT2D eigenvalue weighted by Crippen LogP contribution is -2.10. The number of halogens is 4. The van der Waals surface area contributed by atoms with E-state index in [9.17, 15) is 18.0 Å². The Labute approximate surface area is 100.0 Å². The fourth-order valence-corrected chi connectivity index (χ4v) is 2.07. The zero-order valence-corrected chi connectivity index (χ0v) is 9.84. The maximum Gasteiger partial charge on any atom is 0.398 e. The van der Waals surface area contributed by atoms with Gasteiger partial charge in [0.1, 0.15) is 0 Å². The molecule has 88 valence electrons. The highest BCUT2D eigenvalue weighted by Gasteiger charge is 2.27. The van der Waals surface area contributed by atoms with E-state index in [4.69, 9.17) is 11.6 Å². The molecule has 0 saturated carbocycles. The van der Waals surface area contributed by atoms with Crippen LogP contribution in [-0.2, 0) is 0 Å². The number of ketones is 1. The van der Waals surface area contributed by atoms with E-state index >= 15 is 0 Å². The van der Waals surface area contributed by atoms with E-state index in [-0.39, 0.29) is 10.8 Å². The lowest BCUT2D eigenvalue weighted by molar-refractivity contribution is -0.105. The summed E-state index contributed by atoms with van der Waals surface area (Å²) in [5.74, 6) is -1.22. The van der Waals surface area contributed by atoms with Crippen LogP contribution in [0.2, 0.25) is 5.02 Å². The van der Waals surface area contributed by atoms with Crippen molar-refractivity contribution in [1.29, 1.82) is 0 Å². The van der Waals surface area contributed by atoms with Crippen molar-refractivity contribution in [3.63, 3.8) is 0 Å². The fraction of sp³-hybridized carbons (Fsp3) is 0.300. The number of rotatable bonds is 3. The van der Waals surface area contributed by atoms with Gasteiger partial charge in [-0.1, -0.05) is 11.6 Å². The fourth-order valence-electron chi connectivity index (χ4n) is 1.01. The minimum absolute atomic E-state index is 0.226. The van der Waals surface area contributed by atoms with Gasteiger partial charge in [-0.25, -0.2) is 0 Å². The van der Waals surface area contributed by atoms with Crippen LogP contribution in [0.4, 0.5) is 13.2 Å². The minimum atomic E-state index is -4.23. The summed E-state index contributed by atoms with van der Waals surface area (Å²) in [6.45, 7) is 1.34. The molecule has 1 aromatic rings. The molecule has 0 amide bonds. The van der Waals surface area contributed by atoms with E-state index < -0.39 is 11.9 Å². The molecule has 0 aliphatic carbocycles. The standard InChI is InChI=1S/C10H8ClF3OS/c1-6(15)7-2-8(11)4-9(3-7)16-5-10(12,13)14/h2-4H,5H2,1H3. The van der Waals surface area contributed by atoms with Crippen molar-refractivity contribution in [2.45, 2.75) is 18.0 Å². The summed E-state index contributed by atoms with van der Waals surface area (Å²) in [5.41, 5.74) is 0.317. The molecule has 1 nitrogen and oxygen atoms in total. The molecule has 0 heterocycles. The van der Waals surface area contributed by atoms with Crippen LogP contribution in [0, 0.1) is 0 Å². The summed E-state index contributed by atoms with van der Waals surface area (Å²) in [5, 5.41) is 0.261. The number of Topliss-reactive ketones (excluding diaryl/α,β-unsaturated/α-hetero) is 1. The van der Waals surface area contributed by atoms with Gasteiger partial charge in [-0.2, -0.15) is 13.2 Å². The zero-order valence-electron chi connectivity index (χ0n) is 8.27. The average molecular weight is 269 g/mol. The Balaban J connectivity index is 2.85. The summed E-state index contributed by atoms with van der Waals surface area (Å²) < 4.78 is 35.9. The lowest BCUT2D eigenvalue weighted by Gasteiger charge is -2.07. The second-order valence-electron chi connectivity index (χ2n) is 3.14. The van der Waals surface area contributed by atoms with Gasteiger partial charge in [0.15, 0.2) is 5.78 Å². The van der Waals surface area contributed by atoms with E-state index in [0.29, 0.717) is 22.2 Å². The molecule has 6 heteroatoms. The van der Waals surface area contributed by atoms with Crippen molar-refractivity contribution in [1.82, 2.24) is 0 Å². The van der Waals surface area contributed by atoms with Crippen LogP contribution in [0.5, 0.6) is 0 Å². The van der Waals surface area contributed by atoms with Gasteiger partial charge in [0.05, 0.1) is 5.75 Å². The second kappa shape index (κ2) is 5.10. The molecule has 0 fully saturated rings. The molecule has 0 unspecified atom stereocenters. The van der Waals surface area contributed by atoms with E-state index in [1.807, 2.05) is 0 Å². The van der Waals surface area contributed by atoms with Crippen molar-refractivity contribution in [2.24, 2.45) is 0 Å². The van der Waals surface area contributed by atoms with Crippen molar-refractivity contribution in [3.8, 4) is 0 Å². The van der Waals surface area contributed by atoms with Gasteiger partial charge >= 0.3 is 6.18 Å². The highest BCUT2D eigenvalue weighted by Crippen LogP contribution is 2.29. The van der Waals surface area contributed by atoms with Crippen molar-refractivity contribution in [3.05, 3.63) is 28.8 Å². The minimum Gasteiger partial charge on any atom is -0.295 e. The molecule has 0 aromatic heterocycles. The molecular formula is C10H8ClF3OS. The summed E-state index contributed by atoms with van der Waals surface area (Å²) in [4.78, 5) is 11.4. The highest BCUT2D eigenvalue weighted by atomic mass is 35.5. The van der Waals surface area contributed by atoms with E-state index in [2.05, 4.69) is 0 Å². The van der Waals surface area contributed by atoms with Gasteiger partial charge in [0.25, 0.3) is 0 Å². The second-order valence-corrected chi connectivity index (χ2v) is 4.62. The van der Waals surface area contributed by atoms with Crippen molar-refractivity contribution in [2.75, 3.05) is 5.75 Å². The number of thioether (sulfide) groups is 1. The third kappa shape index (κ3) is 4.45. The quantitative estimate of drug-likeness (QED) is 0.604. The third-order valence-corrected chi connectivity index (χ3v) is 2.94. The first-order chi connectivity index (χ1) is 7.28. The molecule has 0 N–H and O–H groups in total. The topological polar surface area (TPSA) is 17.1 Å². The maximum atomic E-state index is 12.0.